The summed E-state index contributed by atoms with van der Waals surface area (Å²) in [6.07, 6.45) is 4.21. The van der Waals surface area contributed by atoms with Crippen molar-refractivity contribution >= 4 is 5.82 Å². The third-order valence-electron chi connectivity index (χ3n) is 3.54. The first-order chi connectivity index (χ1) is 9.28. The van der Waals surface area contributed by atoms with Gasteiger partial charge in [-0.1, -0.05) is 24.3 Å². The third kappa shape index (κ3) is 2.15. The SMILES string of the molecule is CC1Cc2ccccc2CN1c1cncc(C#N)n1. The van der Waals surface area contributed by atoms with Crippen LogP contribution in [0.25, 0.3) is 0 Å². The molecular formula is C15H14N4. The summed E-state index contributed by atoms with van der Waals surface area (Å²) in [6, 6.07) is 10.9. The predicted molar refractivity (Wildman–Crippen MR) is 72.5 cm³/mol. The zero-order valence-electron chi connectivity index (χ0n) is 10.7. The maximum absolute atomic E-state index is 8.91. The summed E-state index contributed by atoms with van der Waals surface area (Å²) in [5, 5.41) is 8.91. The molecule has 4 heteroatoms. The molecule has 0 bridgehead atoms. The van der Waals surface area contributed by atoms with Crippen LogP contribution in [0.5, 0.6) is 0 Å². The topological polar surface area (TPSA) is 52.8 Å². The lowest BCUT2D eigenvalue weighted by molar-refractivity contribution is 0.585. The van der Waals surface area contributed by atoms with Gasteiger partial charge in [0.2, 0.25) is 0 Å². The zero-order valence-corrected chi connectivity index (χ0v) is 10.7. The van der Waals surface area contributed by atoms with Gasteiger partial charge in [0.25, 0.3) is 0 Å². The van der Waals surface area contributed by atoms with E-state index in [9.17, 15) is 0 Å². The highest BCUT2D eigenvalue weighted by Gasteiger charge is 2.23. The molecule has 0 spiro atoms. The van der Waals surface area contributed by atoms with E-state index in [0.29, 0.717) is 11.7 Å². The largest absolute Gasteiger partial charge is 0.348 e. The molecule has 1 aliphatic heterocycles. The van der Waals surface area contributed by atoms with Crippen LogP contribution < -0.4 is 4.90 Å². The molecule has 1 aliphatic rings. The van der Waals surface area contributed by atoms with Crippen LogP contribution in [0.2, 0.25) is 0 Å². The molecule has 19 heavy (non-hydrogen) atoms. The Kier molecular flexibility index (Phi) is 2.88. The second kappa shape index (κ2) is 4.69. The fourth-order valence-electron chi connectivity index (χ4n) is 2.53. The molecule has 0 radical (unpaired) electrons. The van der Waals surface area contributed by atoms with Gasteiger partial charge in [-0.2, -0.15) is 5.26 Å². The number of hydrogen-bond donors (Lipinski definition) is 0. The first-order valence-corrected chi connectivity index (χ1v) is 6.33. The molecule has 1 aromatic carbocycles. The summed E-state index contributed by atoms with van der Waals surface area (Å²) >= 11 is 0. The zero-order chi connectivity index (χ0) is 13.2. The van der Waals surface area contributed by atoms with Gasteiger partial charge in [0, 0.05) is 12.6 Å². The highest BCUT2D eigenvalue weighted by Crippen LogP contribution is 2.26. The monoisotopic (exact) mass is 250 g/mol. The van der Waals surface area contributed by atoms with Gasteiger partial charge >= 0.3 is 0 Å². The first-order valence-electron chi connectivity index (χ1n) is 6.33. The third-order valence-corrected chi connectivity index (χ3v) is 3.54. The molecule has 0 fully saturated rings. The molecule has 0 saturated heterocycles. The minimum atomic E-state index is 0.359. The summed E-state index contributed by atoms with van der Waals surface area (Å²) in [6.45, 7) is 3.00. The summed E-state index contributed by atoms with van der Waals surface area (Å²) in [5.41, 5.74) is 3.09. The molecule has 2 heterocycles. The van der Waals surface area contributed by atoms with E-state index < -0.39 is 0 Å². The van der Waals surface area contributed by atoms with Gasteiger partial charge in [-0.25, -0.2) is 4.98 Å². The number of hydrogen-bond acceptors (Lipinski definition) is 4. The Labute approximate surface area is 112 Å². The van der Waals surface area contributed by atoms with Gasteiger partial charge in [-0.05, 0) is 24.5 Å². The van der Waals surface area contributed by atoms with E-state index in [-0.39, 0.29) is 0 Å². The van der Waals surface area contributed by atoms with Crippen LogP contribution in [0.4, 0.5) is 5.82 Å². The molecule has 2 aromatic rings. The maximum Gasteiger partial charge on any atom is 0.161 e. The van der Waals surface area contributed by atoms with Gasteiger partial charge in [-0.3, -0.25) is 4.98 Å². The lowest BCUT2D eigenvalue weighted by Gasteiger charge is -2.35. The Balaban J connectivity index is 1.96. The average molecular weight is 250 g/mol. The number of nitrogens with zero attached hydrogens (tertiary/aromatic N) is 4. The van der Waals surface area contributed by atoms with Crippen molar-refractivity contribution < 1.29 is 0 Å². The smallest absolute Gasteiger partial charge is 0.161 e. The van der Waals surface area contributed by atoms with E-state index in [2.05, 4.69) is 46.1 Å². The quantitative estimate of drug-likeness (QED) is 0.779. The second-order valence-electron chi connectivity index (χ2n) is 4.82. The number of fused-ring (bicyclic) bond motifs is 1. The van der Waals surface area contributed by atoms with Gasteiger partial charge in [-0.15, -0.1) is 0 Å². The van der Waals surface area contributed by atoms with Crippen LogP contribution >= 0.6 is 0 Å². The van der Waals surface area contributed by atoms with Crippen LogP contribution in [0.1, 0.15) is 23.7 Å². The minimum Gasteiger partial charge on any atom is -0.348 e. The summed E-state index contributed by atoms with van der Waals surface area (Å²) in [5.74, 6) is 0.779. The summed E-state index contributed by atoms with van der Waals surface area (Å²) in [7, 11) is 0. The fraction of sp³-hybridized carbons (Fsp3) is 0.267. The van der Waals surface area contributed by atoms with E-state index in [1.807, 2.05) is 6.07 Å². The van der Waals surface area contributed by atoms with Gasteiger partial charge in [0.15, 0.2) is 5.69 Å². The second-order valence-corrected chi connectivity index (χ2v) is 4.82. The Morgan fingerprint density at radius 2 is 2.05 bits per heavy atom. The Morgan fingerprint density at radius 3 is 2.84 bits per heavy atom. The standard InChI is InChI=1S/C15H14N4/c1-11-6-12-4-2-3-5-13(12)10-19(11)15-9-17-8-14(7-16)18-15/h2-5,8-9,11H,6,10H2,1H3. The molecule has 3 rings (SSSR count). The van der Waals surface area contributed by atoms with E-state index in [4.69, 9.17) is 5.26 Å². The molecule has 0 amide bonds. The molecule has 94 valence electrons. The van der Waals surface area contributed by atoms with Crippen LogP contribution in [-0.4, -0.2) is 16.0 Å². The first kappa shape index (κ1) is 11.7. The number of anilines is 1. The van der Waals surface area contributed by atoms with Crippen molar-refractivity contribution in [2.75, 3.05) is 4.90 Å². The number of nitriles is 1. The van der Waals surface area contributed by atoms with Crippen LogP contribution in [0, 0.1) is 11.3 Å². The molecule has 1 atom stereocenters. The number of aromatic nitrogens is 2. The van der Waals surface area contributed by atoms with Crippen molar-refractivity contribution in [3.8, 4) is 6.07 Å². The van der Waals surface area contributed by atoms with Gasteiger partial charge in [0.05, 0.1) is 12.4 Å². The Morgan fingerprint density at radius 1 is 1.26 bits per heavy atom. The molecule has 1 unspecified atom stereocenters. The fourth-order valence-corrected chi connectivity index (χ4v) is 2.53. The lowest BCUT2D eigenvalue weighted by atomic mass is 9.95. The van der Waals surface area contributed by atoms with E-state index in [1.54, 1.807) is 6.20 Å². The van der Waals surface area contributed by atoms with Crippen molar-refractivity contribution in [2.45, 2.75) is 25.9 Å². The Bertz CT molecular complexity index is 645. The van der Waals surface area contributed by atoms with E-state index in [1.165, 1.54) is 17.3 Å². The van der Waals surface area contributed by atoms with Crippen molar-refractivity contribution in [2.24, 2.45) is 0 Å². The highest BCUT2D eigenvalue weighted by atomic mass is 15.2. The van der Waals surface area contributed by atoms with Crippen molar-refractivity contribution in [1.82, 2.24) is 9.97 Å². The predicted octanol–water partition coefficient (Wildman–Crippen LogP) is 2.30. The molecule has 0 aliphatic carbocycles. The lowest BCUT2D eigenvalue weighted by Crippen LogP contribution is -2.39. The van der Waals surface area contributed by atoms with Gasteiger partial charge < -0.3 is 4.90 Å². The number of rotatable bonds is 1. The maximum atomic E-state index is 8.91. The summed E-state index contributed by atoms with van der Waals surface area (Å²) < 4.78 is 0. The van der Waals surface area contributed by atoms with E-state index in [0.717, 1.165) is 18.8 Å². The number of benzene rings is 1. The van der Waals surface area contributed by atoms with Crippen molar-refractivity contribution in [3.05, 3.63) is 53.5 Å². The van der Waals surface area contributed by atoms with Gasteiger partial charge in [0.1, 0.15) is 11.9 Å². The average Bonchev–Trinajstić information content (AvgIpc) is 2.46. The summed E-state index contributed by atoms with van der Waals surface area (Å²) in [4.78, 5) is 10.6. The van der Waals surface area contributed by atoms with Crippen LogP contribution in [0.15, 0.2) is 36.7 Å². The normalized spacial score (nSPS) is 17.7. The van der Waals surface area contributed by atoms with Crippen molar-refractivity contribution in [1.29, 1.82) is 5.26 Å². The molecule has 0 saturated carbocycles. The van der Waals surface area contributed by atoms with Crippen LogP contribution in [0.3, 0.4) is 0 Å². The molecule has 1 aromatic heterocycles. The minimum absolute atomic E-state index is 0.359. The Hall–Kier alpha value is -2.41. The van der Waals surface area contributed by atoms with E-state index >= 15 is 0 Å². The molecular weight excluding hydrogens is 236 g/mol. The highest BCUT2D eigenvalue weighted by molar-refractivity contribution is 5.45. The van der Waals surface area contributed by atoms with Crippen molar-refractivity contribution in [3.63, 3.8) is 0 Å². The molecule has 0 N–H and O–H groups in total. The molecule has 4 nitrogen and oxygen atoms in total. The van der Waals surface area contributed by atoms with Crippen LogP contribution in [-0.2, 0) is 13.0 Å².